The lowest BCUT2D eigenvalue weighted by atomic mass is 9.98. The first kappa shape index (κ1) is 18.0. The highest BCUT2D eigenvalue weighted by molar-refractivity contribution is 6.31. The zero-order valence-corrected chi connectivity index (χ0v) is 15.8. The van der Waals surface area contributed by atoms with Gasteiger partial charge in [-0.15, -0.1) is 0 Å². The van der Waals surface area contributed by atoms with Crippen molar-refractivity contribution in [2.24, 2.45) is 0 Å². The van der Waals surface area contributed by atoms with E-state index in [0.29, 0.717) is 27.0 Å². The van der Waals surface area contributed by atoms with Gasteiger partial charge >= 0.3 is 5.63 Å². The van der Waals surface area contributed by atoms with E-state index in [1.807, 2.05) is 49.4 Å². The number of halogens is 1. The number of nitrogens with one attached hydrogen (secondary N) is 1. The van der Waals surface area contributed by atoms with Crippen LogP contribution in [0.3, 0.4) is 0 Å². The van der Waals surface area contributed by atoms with Crippen molar-refractivity contribution in [3.05, 3.63) is 99.6 Å². The molecular formula is C23H16ClNO3. The molecule has 1 aromatic heterocycles. The van der Waals surface area contributed by atoms with Crippen molar-refractivity contribution in [2.45, 2.75) is 6.92 Å². The van der Waals surface area contributed by atoms with Gasteiger partial charge in [-0.25, -0.2) is 4.79 Å². The Morgan fingerprint density at radius 1 is 0.893 bits per heavy atom. The van der Waals surface area contributed by atoms with E-state index in [4.69, 9.17) is 16.0 Å². The Hall–Kier alpha value is -3.37. The highest BCUT2D eigenvalue weighted by atomic mass is 35.5. The normalized spacial score (nSPS) is 10.8. The Morgan fingerprint density at radius 2 is 1.57 bits per heavy atom. The first-order valence-corrected chi connectivity index (χ1v) is 9.12. The van der Waals surface area contributed by atoms with Crippen molar-refractivity contribution in [3.63, 3.8) is 0 Å². The number of anilines is 1. The van der Waals surface area contributed by atoms with Gasteiger partial charge in [0.2, 0.25) is 5.76 Å². The number of fused-ring (bicyclic) bond motifs is 1. The number of amides is 1. The highest BCUT2D eigenvalue weighted by Crippen LogP contribution is 2.31. The van der Waals surface area contributed by atoms with Crippen molar-refractivity contribution in [1.29, 1.82) is 0 Å². The summed E-state index contributed by atoms with van der Waals surface area (Å²) in [6.45, 7) is 1.81. The molecule has 0 aliphatic heterocycles. The third kappa shape index (κ3) is 3.19. The smallest absolute Gasteiger partial charge is 0.344 e. The summed E-state index contributed by atoms with van der Waals surface area (Å²) in [5, 5.41) is 4.45. The summed E-state index contributed by atoms with van der Waals surface area (Å²) in [5.74, 6) is -0.540. The number of carbonyl (C=O) groups is 1. The third-order valence-corrected chi connectivity index (χ3v) is 5.03. The van der Waals surface area contributed by atoms with Gasteiger partial charge in [0.05, 0.1) is 5.39 Å². The fourth-order valence-electron chi connectivity index (χ4n) is 3.17. The lowest BCUT2D eigenvalue weighted by Gasteiger charge is -2.13. The molecule has 1 N–H and O–H groups in total. The first-order chi connectivity index (χ1) is 13.6. The van der Waals surface area contributed by atoms with Crippen molar-refractivity contribution in [1.82, 2.24) is 0 Å². The molecule has 0 aliphatic carbocycles. The molecular weight excluding hydrogens is 374 g/mol. The van der Waals surface area contributed by atoms with Gasteiger partial charge in [-0.05, 0) is 36.2 Å². The molecule has 5 heteroatoms. The van der Waals surface area contributed by atoms with E-state index in [9.17, 15) is 9.59 Å². The minimum absolute atomic E-state index is 0.0331. The van der Waals surface area contributed by atoms with Crippen molar-refractivity contribution < 1.29 is 9.21 Å². The van der Waals surface area contributed by atoms with Gasteiger partial charge in [-0.2, -0.15) is 0 Å². The molecule has 0 radical (unpaired) electrons. The van der Waals surface area contributed by atoms with Crippen LogP contribution in [0.15, 0.2) is 82.0 Å². The van der Waals surface area contributed by atoms with Crippen LogP contribution in [0.25, 0.3) is 21.9 Å². The quantitative estimate of drug-likeness (QED) is 0.490. The molecule has 1 heterocycles. The zero-order valence-electron chi connectivity index (χ0n) is 15.0. The van der Waals surface area contributed by atoms with Gasteiger partial charge < -0.3 is 9.73 Å². The van der Waals surface area contributed by atoms with Gasteiger partial charge in [0.1, 0.15) is 0 Å². The Bertz CT molecular complexity index is 1250. The van der Waals surface area contributed by atoms with Crippen LogP contribution in [-0.4, -0.2) is 5.91 Å². The number of rotatable bonds is 3. The minimum Gasteiger partial charge on any atom is -0.416 e. The van der Waals surface area contributed by atoms with Crippen molar-refractivity contribution in [3.8, 4) is 11.1 Å². The van der Waals surface area contributed by atoms with Crippen LogP contribution in [0.4, 0.5) is 5.69 Å². The van der Waals surface area contributed by atoms with Crippen LogP contribution in [0.1, 0.15) is 16.1 Å². The molecule has 0 aliphatic rings. The Morgan fingerprint density at radius 3 is 2.32 bits per heavy atom. The summed E-state index contributed by atoms with van der Waals surface area (Å²) in [5.41, 5.74) is 2.11. The second kappa shape index (κ2) is 7.33. The molecule has 0 spiro atoms. The summed E-state index contributed by atoms with van der Waals surface area (Å²) in [6.07, 6.45) is 0. The van der Waals surface area contributed by atoms with E-state index in [1.165, 1.54) is 0 Å². The second-order valence-corrected chi connectivity index (χ2v) is 6.78. The van der Waals surface area contributed by atoms with E-state index in [1.54, 1.807) is 30.3 Å². The predicted molar refractivity (Wildman–Crippen MR) is 112 cm³/mol. The van der Waals surface area contributed by atoms with Crippen LogP contribution >= 0.6 is 11.6 Å². The Balaban J connectivity index is 1.92. The SMILES string of the molecule is Cc1c(Cl)cccc1NC(=O)c1oc(=O)c2ccccc2c1-c1ccccc1. The predicted octanol–water partition coefficient (Wildman–Crippen LogP) is 5.67. The molecule has 4 nitrogen and oxygen atoms in total. The molecule has 0 fully saturated rings. The number of hydrogen-bond acceptors (Lipinski definition) is 3. The topological polar surface area (TPSA) is 59.3 Å². The van der Waals surface area contributed by atoms with Crippen LogP contribution in [0.5, 0.6) is 0 Å². The minimum atomic E-state index is -0.553. The Labute approximate surface area is 166 Å². The van der Waals surface area contributed by atoms with E-state index in [0.717, 1.165) is 11.1 Å². The monoisotopic (exact) mass is 389 g/mol. The average molecular weight is 390 g/mol. The molecule has 4 rings (SSSR count). The number of carbonyl (C=O) groups excluding carboxylic acids is 1. The van der Waals surface area contributed by atoms with E-state index >= 15 is 0 Å². The lowest BCUT2D eigenvalue weighted by Crippen LogP contribution is -2.17. The molecule has 138 valence electrons. The molecule has 0 unspecified atom stereocenters. The van der Waals surface area contributed by atoms with Crippen LogP contribution in [0, 0.1) is 6.92 Å². The maximum Gasteiger partial charge on any atom is 0.344 e. The molecule has 0 saturated heterocycles. The standard InChI is InChI=1S/C23H16ClNO3/c1-14-18(24)12-7-13-19(14)25-22(26)21-20(15-8-3-2-4-9-15)16-10-5-6-11-17(16)23(27)28-21/h2-13H,1H3,(H,25,26). The van der Waals surface area contributed by atoms with E-state index in [-0.39, 0.29) is 5.76 Å². The average Bonchev–Trinajstić information content (AvgIpc) is 2.72. The van der Waals surface area contributed by atoms with Gasteiger partial charge in [-0.1, -0.05) is 66.2 Å². The van der Waals surface area contributed by atoms with Crippen LogP contribution in [-0.2, 0) is 0 Å². The number of benzene rings is 3. The van der Waals surface area contributed by atoms with E-state index in [2.05, 4.69) is 5.32 Å². The molecule has 0 atom stereocenters. The van der Waals surface area contributed by atoms with Gasteiger partial charge in [0.25, 0.3) is 5.91 Å². The van der Waals surface area contributed by atoms with Crippen molar-refractivity contribution >= 4 is 34.0 Å². The van der Waals surface area contributed by atoms with Crippen LogP contribution in [0.2, 0.25) is 5.02 Å². The Kier molecular flexibility index (Phi) is 4.72. The van der Waals surface area contributed by atoms with Crippen LogP contribution < -0.4 is 10.9 Å². The maximum atomic E-state index is 13.1. The molecule has 0 saturated carbocycles. The molecule has 0 bridgehead atoms. The second-order valence-electron chi connectivity index (χ2n) is 6.37. The summed E-state index contributed by atoms with van der Waals surface area (Å²) < 4.78 is 5.48. The van der Waals surface area contributed by atoms with E-state index < -0.39 is 11.5 Å². The summed E-state index contributed by atoms with van der Waals surface area (Å²) in [6, 6.07) is 21.7. The third-order valence-electron chi connectivity index (χ3n) is 4.62. The molecule has 4 aromatic rings. The highest BCUT2D eigenvalue weighted by Gasteiger charge is 2.22. The lowest BCUT2D eigenvalue weighted by molar-refractivity contribution is 0.0994. The molecule has 3 aromatic carbocycles. The zero-order chi connectivity index (χ0) is 19.7. The fraction of sp³-hybridized carbons (Fsp3) is 0.0435. The van der Waals surface area contributed by atoms with Crippen molar-refractivity contribution in [2.75, 3.05) is 5.32 Å². The van der Waals surface area contributed by atoms with Gasteiger partial charge in [0, 0.05) is 21.7 Å². The summed E-state index contributed by atoms with van der Waals surface area (Å²) in [4.78, 5) is 25.6. The maximum absolute atomic E-state index is 13.1. The summed E-state index contributed by atoms with van der Waals surface area (Å²) >= 11 is 6.15. The van der Waals surface area contributed by atoms with Gasteiger partial charge in [-0.3, -0.25) is 4.79 Å². The van der Waals surface area contributed by atoms with Gasteiger partial charge in [0.15, 0.2) is 0 Å². The summed E-state index contributed by atoms with van der Waals surface area (Å²) in [7, 11) is 0. The fourth-order valence-corrected chi connectivity index (χ4v) is 3.35. The largest absolute Gasteiger partial charge is 0.416 e. The molecule has 28 heavy (non-hydrogen) atoms. The molecule has 1 amide bonds. The first-order valence-electron chi connectivity index (χ1n) is 8.74. The number of hydrogen-bond donors (Lipinski definition) is 1.